The van der Waals surface area contributed by atoms with E-state index in [9.17, 15) is 4.79 Å². The molecule has 4 fully saturated rings. The molecule has 0 aromatic rings. The molecule has 5 nitrogen and oxygen atoms in total. The van der Waals surface area contributed by atoms with Crippen molar-refractivity contribution in [2.75, 3.05) is 13.1 Å². The van der Waals surface area contributed by atoms with Crippen LogP contribution in [0.25, 0.3) is 0 Å². The third-order valence-electron chi connectivity index (χ3n) is 5.78. The van der Waals surface area contributed by atoms with Crippen molar-refractivity contribution in [3.63, 3.8) is 0 Å². The van der Waals surface area contributed by atoms with Gasteiger partial charge in [-0.15, -0.1) is 0 Å². The smallest absolute Gasteiger partial charge is 0.238 e. The quantitative estimate of drug-likeness (QED) is 0.579. The minimum absolute atomic E-state index is 0.0596. The summed E-state index contributed by atoms with van der Waals surface area (Å²) in [5, 5.41) is 9.13. The fourth-order valence-corrected chi connectivity index (χ4v) is 5.15. The Labute approximate surface area is 140 Å². The van der Waals surface area contributed by atoms with Crippen LogP contribution in [-0.4, -0.2) is 44.1 Å². The first kappa shape index (κ1) is 15.5. The molecule has 6 heteroatoms. The lowest BCUT2D eigenvalue weighted by Crippen LogP contribution is -2.60. The van der Waals surface area contributed by atoms with Crippen molar-refractivity contribution in [2.24, 2.45) is 5.73 Å². The van der Waals surface area contributed by atoms with Crippen LogP contribution in [0.4, 0.5) is 0 Å². The molecule has 0 aromatic carbocycles. The lowest BCUT2D eigenvalue weighted by molar-refractivity contribution is -0.132. The number of nitriles is 1. The molecule has 4 rings (SSSR count). The van der Waals surface area contributed by atoms with Crippen molar-refractivity contribution in [1.29, 1.82) is 5.26 Å². The van der Waals surface area contributed by atoms with Crippen LogP contribution in [0.5, 0.6) is 0 Å². The summed E-state index contributed by atoms with van der Waals surface area (Å²) in [6, 6.07) is 2.04. The van der Waals surface area contributed by atoms with E-state index >= 15 is 0 Å². The van der Waals surface area contributed by atoms with Gasteiger partial charge in [0.15, 0.2) is 0 Å². The number of nitrogens with zero attached hydrogens (tertiary/aromatic N) is 3. The zero-order chi connectivity index (χ0) is 15.1. The lowest BCUT2D eigenvalue weighted by atomic mass is 9.62. The minimum atomic E-state index is -0.214. The van der Waals surface area contributed by atoms with Crippen LogP contribution in [0.2, 0.25) is 0 Å². The molecule has 21 heavy (non-hydrogen) atoms. The van der Waals surface area contributed by atoms with Crippen LogP contribution in [0.1, 0.15) is 51.4 Å². The molecule has 3 saturated carbocycles. The Hall–Kier alpha value is -0.390. The van der Waals surface area contributed by atoms with Gasteiger partial charge < -0.3 is 10.6 Å². The van der Waals surface area contributed by atoms with E-state index in [2.05, 4.69) is 32.0 Å². The Morgan fingerprint density at radius 1 is 1.33 bits per heavy atom. The number of carbonyl (C=O) groups is 1. The zero-order valence-electron chi connectivity index (χ0n) is 12.4. The van der Waals surface area contributed by atoms with Gasteiger partial charge in [-0.1, -0.05) is 0 Å². The largest absolute Gasteiger partial charge is 0.326 e. The molecule has 1 heterocycles. The topological polar surface area (TPSA) is 73.4 Å². The van der Waals surface area contributed by atoms with Gasteiger partial charge in [-0.05, 0) is 51.4 Å². The van der Waals surface area contributed by atoms with Crippen LogP contribution < -0.4 is 5.73 Å². The Morgan fingerprint density at radius 2 is 1.95 bits per heavy atom. The van der Waals surface area contributed by atoms with Gasteiger partial charge in [0.2, 0.25) is 5.91 Å². The molecular formula is C15H23IN4O. The van der Waals surface area contributed by atoms with E-state index in [4.69, 9.17) is 11.0 Å². The second-order valence-corrected chi connectivity index (χ2v) is 8.15. The Bertz CT molecular complexity index is 450. The van der Waals surface area contributed by atoms with E-state index < -0.39 is 0 Å². The second kappa shape index (κ2) is 5.67. The number of fused-ring (bicyclic) bond motifs is 3. The number of rotatable bonds is 3. The molecule has 1 amide bonds. The van der Waals surface area contributed by atoms with Crippen LogP contribution in [0.15, 0.2) is 0 Å². The van der Waals surface area contributed by atoms with Crippen LogP contribution in [0, 0.1) is 11.3 Å². The SMILES string of the molecule is N#CC1CCCN1C(=O)CN(I)C12CCC(N)(CC1)CC2. The number of hydrogen-bond acceptors (Lipinski definition) is 4. The highest BCUT2D eigenvalue weighted by atomic mass is 127. The first-order valence-corrected chi connectivity index (χ1v) is 8.86. The first-order chi connectivity index (χ1) is 9.98. The van der Waals surface area contributed by atoms with E-state index in [1.807, 2.05) is 0 Å². The summed E-state index contributed by atoms with van der Waals surface area (Å²) in [7, 11) is 0. The van der Waals surface area contributed by atoms with Gasteiger partial charge in [-0.2, -0.15) is 5.26 Å². The molecule has 1 aliphatic heterocycles. The van der Waals surface area contributed by atoms with Crippen molar-refractivity contribution in [2.45, 2.75) is 68.5 Å². The number of halogens is 1. The summed E-state index contributed by atoms with van der Waals surface area (Å²) in [5.74, 6) is 0.109. The average molecular weight is 402 g/mol. The predicted molar refractivity (Wildman–Crippen MR) is 88.4 cm³/mol. The van der Waals surface area contributed by atoms with Crippen LogP contribution >= 0.6 is 22.9 Å². The van der Waals surface area contributed by atoms with Gasteiger partial charge in [0.1, 0.15) is 6.04 Å². The second-order valence-electron chi connectivity index (χ2n) is 6.98. The van der Waals surface area contributed by atoms with Crippen LogP contribution in [-0.2, 0) is 4.79 Å². The molecule has 0 radical (unpaired) electrons. The zero-order valence-corrected chi connectivity index (χ0v) is 14.5. The van der Waals surface area contributed by atoms with E-state index in [0.29, 0.717) is 6.54 Å². The lowest BCUT2D eigenvalue weighted by Gasteiger charge is -2.54. The fourth-order valence-electron chi connectivity index (χ4n) is 4.14. The molecule has 0 aromatic heterocycles. The molecule has 4 aliphatic rings. The first-order valence-electron chi connectivity index (χ1n) is 7.90. The van der Waals surface area contributed by atoms with Gasteiger partial charge in [-0.3, -0.25) is 4.79 Å². The maximum atomic E-state index is 12.5. The summed E-state index contributed by atoms with van der Waals surface area (Å²) in [5.41, 5.74) is 6.57. The third-order valence-corrected chi connectivity index (χ3v) is 7.14. The molecule has 2 N–H and O–H groups in total. The monoisotopic (exact) mass is 402 g/mol. The molecule has 1 atom stereocenters. The van der Waals surface area contributed by atoms with Gasteiger partial charge >= 0.3 is 0 Å². The van der Waals surface area contributed by atoms with Gasteiger partial charge in [0.05, 0.1) is 12.6 Å². The molecule has 2 bridgehead atoms. The van der Waals surface area contributed by atoms with E-state index in [0.717, 1.165) is 57.9 Å². The average Bonchev–Trinajstić information content (AvgIpc) is 2.97. The fraction of sp³-hybridized carbons (Fsp3) is 0.867. The summed E-state index contributed by atoms with van der Waals surface area (Å²) in [6.07, 6.45) is 8.29. The number of nitrogens with two attached hydrogens (primary N) is 1. The summed E-state index contributed by atoms with van der Waals surface area (Å²) >= 11 is 2.33. The Kier molecular flexibility index (Phi) is 4.19. The summed E-state index contributed by atoms with van der Waals surface area (Å²) in [4.78, 5) is 14.3. The predicted octanol–water partition coefficient (Wildman–Crippen LogP) is 1.96. The summed E-state index contributed by atoms with van der Waals surface area (Å²) in [6.45, 7) is 1.16. The van der Waals surface area contributed by atoms with Crippen molar-refractivity contribution in [3.8, 4) is 6.07 Å². The molecular weight excluding hydrogens is 379 g/mol. The van der Waals surface area contributed by atoms with Gasteiger partial charge in [0, 0.05) is 40.5 Å². The highest BCUT2D eigenvalue weighted by Crippen LogP contribution is 2.49. The Balaban J connectivity index is 1.63. The Morgan fingerprint density at radius 3 is 2.52 bits per heavy atom. The number of carbonyl (C=O) groups excluding carboxylic acids is 1. The number of amides is 1. The molecule has 1 saturated heterocycles. The maximum Gasteiger partial charge on any atom is 0.238 e. The van der Waals surface area contributed by atoms with Gasteiger partial charge in [-0.25, -0.2) is 3.11 Å². The summed E-state index contributed by atoms with van der Waals surface area (Å²) < 4.78 is 2.22. The standard InChI is InChI=1S/C15H23IN4O/c16-20(11-13(21)19-9-1-2-12(19)10-17)15-6-3-14(18,4-7-15)5-8-15/h12H,1-9,11,18H2. The number of hydrogen-bond donors (Lipinski definition) is 1. The molecule has 3 aliphatic carbocycles. The van der Waals surface area contributed by atoms with Crippen molar-refractivity contribution >= 4 is 28.8 Å². The van der Waals surface area contributed by atoms with Crippen molar-refractivity contribution in [1.82, 2.24) is 8.01 Å². The van der Waals surface area contributed by atoms with Crippen LogP contribution in [0.3, 0.4) is 0 Å². The minimum Gasteiger partial charge on any atom is -0.326 e. The normalized spacial score (nSPS) is 38.8. The molecule has 1 unspecified atom stereocenters. The molecule has 116 valence electrons. The highest BCUT2D eigenvalue weighted by molar-refractivity contribution is 14.1. The molecule has 0 spiro atoms. The highest BCUT2D eigenvalue weighted by Gasteiger charge is 2.49. The van der Waals surface area contributed by atoms with Crippen molar-refractivity contribution in [3.05, 3.63) is 0 Å². The number of likely N-dealkylation sites (tertiary alicyclic amines) is 1. The third kappa shape index (κ3) is 2.80. The van der Waals surface area contributed by atoms with E-state index in [1.54, 1.807) is 4.90 Å². The van der Waals surface area contributed by atoms with E-state index in [-0.39, 0.29) is 23.0 Å². The van der Waals surface area contributed by atoms with Gasteiger partial charge in [0.25, 0.3) is 0 Å². The maximum absolute atomic E-state index is 12.5. The van der Waals surface area contributed by atoms with Crippen molar-refractivity contribution < 1.29 is 4.79 Å². The van der Waals surface area contributed by atoms with E-state index in [1.165, 1.54) is 0 Å².